The van der Waals surface area contributed by atoms with Gasteiger partial charge in [0, 0.05) is 25.2 Å². The van der Waals surface area contributed by atoms with E-state index in [1.54, 1.807) is 7.11 Å². The lowest BCUT2D eigenvalue weighted by molar-refractivity contribution is 0.397. The van der Waals surface area contributed by atoms with Crippen LogP contribution in [0.25, 0.3) is 0 Å². The normalized spacial score (nSPS) is 15.4. The van der Waals surface area contributed by atoms with Gasteiger partial charge in [-0.2, -0.15) is 4.98 Å². The molecule has 1 N–H and O–H groups in total. The summed E-state index contributed by atoms with van der Waals surface area (Å²) in [4.78, 5) is 6.85. The summed E-state index contributed by atoms with van der Waals surface area (Å²) in [5.74, 6) is 1.68. The molecule has 4 nitrogen and oxygen atoms in total. The molecule has 0 unspecified atom stereocenters. The van der Waals surface area contributed by atoms with Crippen LogP contribution in [0.4, 0.5) is 11.5 Å². The van der Waals surface area contributed by atoms with Gasteiger partial charge < -0.3 is 15.0 Å². The van der Waals surface area contributed by atoms with Crippen molar-refractivity contribution in [3.8, 4) is 5.88 Å². The molecule has 88 valence electrons. The molecule has 0 aromatic carbocycles. The van der Waals surface area contributed by atoms with Crippen molar-refractivity contribution < 1.29 is 4.74 Å². The van der Waals surface area contributed by atoms with Crippen molar-refractivity contribution in [2.45, 2.75) is 26.3 Å². The number of hydrogen-bond donors (Lipinski definition) is 1. The lowest BCUT2D eigenvalue weighted by Crippen LogP contribution is -2.32. The first kappa shape index (κ1) is 11.0. The van der Waals surface area contributed by atoms with Crippen LogP contribution in [0.5, 0.6) is 5.88 Å². The number of aromatic nitrogens is 1. The van der Waals surface area contributed by atoms with Crippen LogP contribution in [0, 0.1) is 0 Å². The summed E-state index contributed by atoms with van der Waals surface area (Å²) in [6, 6.07) is 4.40. The lowest BCUT2D eigenvalue weighted by atomic mass is 10.2. The number of nitrogens with zero attached hydrogens (tertiary/aromatic N) is 2. The van der Waals surface area contributed by atoms with Gasteiger partial charge in [-0.15, -0.1) is 0 Å². The number of ether oxygens (including phenoxy) is 1. The largest absolute Gasteiger partial charge is 0.481 e. The maximum Gasteiger partial charge on any atom is 0.215 e. The molecule has 0 atom stereocenters. The van der Waals surface area contributed by atoms with Gasteiger partial charge in [0.05, 0.1) is 12.8 Å². The molecule has 2 heterocycles. The third kappa shape index (κ3) is 2.05. The third-order valence-electron chi connectivity index (χ3n) is 2.85. The lowest BCUT2D eigenvalue weighted by Gasteiger charge is -2.27. The van der Waals surface area contributed by atoms with E-state index < -0.39 is 0 Å². The molecule has 4 heteroatoms. The highest BCUT2D eigenvalue weighted by molar-refractivity contribution is 5.67. The zero-order chi connectivity index (χ0) is 11.5. The summed E-state index contributed by atoms with van der Waals surface area (Å²) in [6.45, 7) is 6.43. The minimum Gasteiger partial charge on any atom is -0.481 e. The zero-order valence-electron chi connectivity index (χ0n) is 10.2. The van der Waals surface area contributed by atoms with Crippen molar-refractivity contribution in [2.75, 3.05) is 30.4 Å². The van der Waals surface area contributed by atoms with Gasteiger partial charge in [-0.3, -0.25) is 0 Å². The molecule has 0 saturated heterocycles. The fraction of sp³-hybridized carbons (Fsp3) is 0.583. The molecule has 0 radical (unpaired) electrons. The highest BCUT2D eigenvalue weighted by Crippen LogP contribution is 2.29. The maximum absolute atomic E-state index is 5.18. The van der Waals surface area contributed by atoms with Crippen molar-refractivity contribution in [1.82, 2.24) is 4.98 Å². The van der Waals surface area contributed by atoms with E-state index in [1.165, 1.54) is 0 Å². The molecule has 2 rings (SSSR count). The fourth-order valence-corrected chi connectivity index (χ4v) is 1.98. The van der Waals surface area contributed by atoms with Crippen LogP contribution in [-0.2, 0) is 0 Å². The summed E-state index contributed by atoms with van der Waals surface area (Å²) in [5, 5.41) is 3.40. The van der Waals surface area contributed by atoms with Crippen LogP contribution in [-0.4, -0.2) is 31.2 Å². The van der Waals surface area contributed by atoms with Crippen LogP contribution in [0.2, 0.25) is 0 Å². The highest BCUT2D eigenvalue weighted by atomic mass is 16.5. The van der Waals surface area contributed by atoms with E-state index in [1.807, 2.05) is 12.1 Å². The molecule has 1 aliphatic rings. The Kier molecular flexibility index (Phi) is 3.17. The molecule has 1 aromatic rings. The molecule has 16 heavy (non-hydrogen) atoms. The summed E-state index contributed by atoms with van der Waals surface area (Å²) in [6.07, 6.45) is 1.14. The number of anilines is 2. The monoisotopic (exact) mass is 221 g/mol. The smallest absolute Gasteiger partial charge is 0.215 e. The van der Waals surface area contributed by atoms with Crippen molar-refractivity contribution in [3.05, 3.63) is 12.1 Å². The minimum absolute atomic E-state index is 0.457. The van der Waals surface area contributed by atoms with E-state index in [0.717, 1.165) is 31.0 Å². The number of hydrogen-bond acceptors (Lipinski definition) is 4. The maximum atomic E-state index is 5.18. The number of nitrogens with one attached hydrogen (secondary N) is 1. The van der Waals surface area contributed by atoms with Gasteiger partial charge in [0.1, 0.15) is 0 Å². The predicted molar refractivity (Wildman–Crippen MR) is 66.4 cm³/mol. The van der Waals surface area contributed by atoms with E-state index in [4.69, 9.17) is 4.74 Å². The Bertz CT molecular complexity index is 365. The van der Waals surface area contributed by atoms with Crippen LogP contribution < -0.4 is 15.0 Å². The molecule has 1 aliphatic heterocycles. The average Bonchev–Trinajstić information content (AvgIpc) is 2.49. The second-order valence-corrected chi connectivity index (χ2v) is 4.29. The van der Waals surface area contributed by atoms with E-state index >= 15 is 0 Å². The fourth-order valence-electron chi connectivity index (χ4n) is 1.98. The minimum atomic E-state index is 0.457. The van der Waals surface area contributed by atoms with Crippen LogP contribution in [0.3, 0.4) is 0 Å². The third-order valence-corrected chi connectivity index (χ3v) is 2.85. The first-order chi connectivity index (χ1) is 7.72. The standard InChI is InChI=1S/C12H19N3O/c1-9(2)15-8-4-7-13-10-5-6-11(16-3)14-12(10)15/h5-6,9,13H,4,7-8H2,1-3H3. The Morgan fingerprint density at radius 2 is 2.25 bits per heavy atom. The van der Waals surface area contributed by atoms with Crippen LogP contribution in [0.1, 0.15) is 20.3 Å². The molecule has 0 fully saturated rings. The quantitative estimate of drug-likeness (QED) is 0.830. The molecule has 0 saturated carbocycles. The number of methoxy groups -OCH3 is 1. The van der Waals surface area contributed by atoms with Gasteiger partial charge in [-0.25, -0.2) is 0 Å². The van der Waals surface area contributed by atoms with Crippen molar-refractivity contribution in [2.24, 2.45) is 0 Å². The highest BCUT2D eigenvalue weighted by Gasteiger charge is 2.19. The van der Waals surface area contributed by atoms with Gasteiger partial charge in [0.2, 0.25) is 5.88 Å². The number of rotatable bonds is 2. The average molecular weight is 221 g/mol. The molecule has 1 aromatic heterocycles. The van der Waals surface area contributed by atoms with E-state index in [0.29, 0.717) is 11.9 Å². The number of fused-ring (bicyclic) bond motifs is 1. The van der Waals surface area contributed by atoms with E-state index in [2.05, 4.69) is 29.0 Å². The SMILES string of the molecule is COc1ccc2c(n1)N(C(C)C)CCCN2. The van der Waals surface area contributed by atoms with Gasteiger partial charge in [-0.1, -0.05) is 0 Å². The Labute approximate surface area is 96.6 Å². The first-order valence-corrected chi connectivity index (χ1v) is 5.78. The second-order valence-electron chi connectivity index (χ2n) is 4.29. The predicted octanol–water partition coefficient (Wildman–Crippen LogP) is 2.12. The molecule has 0 bridgehead atoms. The van der Waals surface area contributed by atoms with Gasteiger partial charge in [0.15, 0.2) is 5.82 Å². The first-order valence-electron chi connectivity index (χ1n) is 5.78. The summed E-state index contributed by atoms with van der Waals surface area (Å²) >= 11 is 0. The van der Waals surface area contributed by atoms with Crippen molar-refractivity contribution in [1.29, 1.82) is 0 Å². The summed E-state index contributed by atoms with van der Waals surface area (Å²) < 4.78 is 5.18. The molecule has 0 amide bonds. The van der Waals surface area contributed by atoms with E-state index in [9.17, 15) is 0 Å². The summed E-state index contributed by atoms with van der Waals surface area (Å²) in [7, 11) is 1.65. The van der Waals surface area contributed by atoms with Crippen molar-refractivity contribution >= 4 is 11.5 Å². The Balaban J connectivity index is 2.41. The molecule has 0 spiro atoms. The molecular weight excluding hydrogens is 202 g/mol. The van der Waals surface area contributed by atoms with Crippen LogP contribution in [0.15, 0.2) is 12.1 Å². The van der Waals surface area contributed by atoms with Gasteiger partial charge >= 0.3 is 0 Å². The Morgan fingerprint density at radius 1 is 1.44 bits per heavy atom. The topological polar surface area (TPSA) is 37.4 Å². The summed E-state index contributed by atoms with van der Waals surface area (Å²) in [5.41, 5.74) is 1.10. The van der Waals surface area contributed by atoms with Crippen molar-refractivity contribution in [3.63, 3.8) is 0 Å². The molecular formula is C12H19N3O. The van der Waals surface area contributed by atoms with E-state index in [-0.39, 0.29) is 0 Å². The Morgan fingerprint density at radius 3 is 2.94 bits per heavy atom. The second kappa shape index (κ2) is 4.60. The molecule has 0 aliphatic carbocycles. The van der Waals surface area contributed by atoms with Gasteiger partial charge in [0.25, 0.3) is 0 Å². The Hall–Kier alpha value is -1.45. The van der Waals surface area contributed by atoms with Crippen LogP contribution >= 0.6 is 0 Å². The number of pyridine rings is 1. The zero-order valence-corrected chi connectivity index (χ0v) is 10.2. The van der Waals surface area contributed by atoms with Gasteiger partial charge in [-0.05, 0) is 26.3 Å².